The fourth-order valence-corrected chi connectivity index (χ4v) is 1.71. The van der Waals surface area contributed by atoms with Crippen molar-refractivity contribution >= 4 is 14.4 Å². The van der Waals surface area contributed by atoms with Crippen molar-refractivity contribution in [2.24, 2.45) is 0 Å². The minimum absolute atomic E-state index is 0.0124. The van der Waals surface area contributed by atoms with Gasteiger partial charge in [-0.05, 0) is 19.9 Å². The highest BCUT2D eigenvalue weighted by Gasteiger charge is 2.14. The third-order valence-corrected chi connectivity index (χ3v) is 2.57. The summed E-state index contributed by atoms with van der Waals surface area (Å²) in [4.78, 5) is 32.4. The first-order valence-corrected chi connectivity index (χ1v) is 6.56. The van der Waals surface area contributed by atoms with Gasteiger partial charge in [-0.3, -0.25) is 15.3 Å². The summed E-state index contributed by atoms with van der Waals surface area (Å²) in [5, 5.41) is 8.60. The fraction of sp³-hybridized carbons (Fsp3) is 0.556. The van der Waals surface area contributed by atoms with Crippen molar-refractivity contribution in [1.29, 1.82) is 0 Å². The van der Waals surface area contributed by atoms with Crippen LogP contribution in [0, 0.1) is 0 Å². The molecule has 0 saturated heterocycles. The highest BCUT2D eigenvalue weighted by atomic mass is 31.2. The zero-order chi connectivity index (χ0) is 14.4. The van der Waals surface area contributed by atoms with Gasteiger partial charge in [-0.2, -0.15) is 4.98 Å². The lowest BCUT2D eigenvalue weighted by molar-refractivity contribution is -0.0550. The Morgan fingerprint density at radius 2 is 2.21 bits per heavy atom. The number of nitrogens with one attached hydrogen (secondary N) is 1. The van der Waals surface area contributed by atoms with Gasteiger partial charge in [-0.15, -0.1) is 0 Å². The molecule has 0 saturated carbocycles. The maximum absolute atomic E-state index is 11.6. The molecule has 0 aromatic carbocycles. The number of hydrogen-bond donors (Lipinski definition) is 4. The summed E-state index contributed by atoms with van der Waals surface area (Å²) in [5.74, 6) is 0.0380. The molecule has 0 fully saturated rings. The molecule has 1 aromatic rings. The summed E-state index contributed by atoms with van der Waals surface area (Å²) < 4.78 is 11.3. The number of nitrogens with zero attached hydrogens (tertiary/aromatic N) is 2. The molecule has 10 heteroatoms. The van der Waals surface area contributed by atoms with E-state index in [1.807, 2.05) is 0 Å². The molecule has 0 aliphatic heterocycles. The van der Waals surface area contributed by atoms with Crippen LogP contribution in [-0.4, -0.2) is 37.3 Å². The summed E-state index contributed by atoms with van der Waals surface area (Å²) in [5.41, 5.74) is 1.18. The molecule has 19 heavy (non-hydrogen) atoms. The van der Waals surface area contributed by atoms with Crippen LogP contribution >= 0.6 is 8.60 Å². The number of ether oxygens (including phenoxy) is 1. The minimum atomic E-state index is -2.42. The van der Waals surface area contributed by atoms with Crippen LogP contribution in [0.3, 0.4) is 0 Å². The average molecular weight is 293 g/mol. The number of hydrogen-bond acceptors (Lipinski definition) is 8. The van der Waals surface area contributed by atoms with Crippen molar-refractivity contribution in [3.63, 3.8) is 0 Å². The van der Waals surface area contributed by atoms with Crippen molar-refractivity contribution in [1.82, 2.24) is 9.55 Å². The lowest BCUT2D eigenvalue weighted by Gasteiger charge is -2.20. The van der Waals surface area contributed by atoms with Crippen LogP contribution in [0.2, 0.25) is 0 Å². The largest absolute Gasteiger partial charge is 0.353 e. The third-order valence-electron chi connectivity index (χ3n) is 2.19. The molecule has 0 aliphatic carbocycles. The Bertz CT molecular complexity index is 454. The van der Waals surface area contributed by atoms with Crippen LogP contribution < -0.4 is 11.2 Å². The highest BCUT2D eigenvalue weighted by Crippen LogP contribution is 2.25. The highest BCUT2D eigenvalue weighted by molar-refractivity contribution is 7.39. The fourth-order valence-electron chi connectivity index (χ4n) is 1.36. The molecule has 1 heterocycles. The van der Waals surface area contributed by atoms with Crippen molar-refractivity contribution in [2.75, 3.05) is 12.1 Å². The molecule has 2 atom stereocenters. The average Bonchev–Trinajstić information content (AvgIpc) is 2.35. The van der Waals surface area contributed by atoms with E-state index in [2.05, 4.69) is 9.51 Å². The van der Waals surface area contributed by atoms with Crippen molar-refractivity contribution in [3.05, 3.63) is 22.7 Å². The molecule has 0 bridgehead atoms. The summed E-state index contributed by atoms with van der Waals surface area (Å²) in [7, 11) is -2.42. The Hall–Kier alpha value is -1.09. The van der Waals surface area contributed by atoms with E-state index in [9.17, 15) is 4.79 Å². The molecule has 1 aromatic heterocycles. The van der Waals surface area contributed by atoms with Gasteiger partial charge in [0.2, 0.25) is 0 Å². The van der Waals surface area contributed by atoms with E-state index in [1.165, 1.54) is 16.8 Å². The molecule has 4 N–H and O–H groups in total. The second-order valence-corrected chi connectivity index (χ2v) is 4.47. The molecule has 0 amide bonds. The van der Waals surface area contributed by atoms with Gasteiger partial charge in [0.1, 0.15) is 6.23 Å². The smallest absolute Gasteiger partial charge is 0.351 e. The van der Waals surface area contributed by atoms with Crippen LogP contribution in [0.15, 0.2) is 17.1 Å². The van der Waals surface area contributed by atoms with Crippen LogP contribution in [0.5, 0.6) is 0 Å². The van der Waals surface area contributed by atoms with Gasteiger partial charge in [-0.25, -0.2) is 4.79 Å². The van der Waals surface area contributed by atoms with Gasteiger partial charge in [0, 0.05) is 6.20 Å². The third kappa shape index (κ3) is 5.19. The summed E-state index contributed by atoms with van der Waals surface area (Å²) >= 11 is 0. The minimum Gasteiger partial charge on any atom is -0.353 e. The van der Waals surface area contributed by atoms with Gasteiger partial charge in [0.15, 0.2) is 5.82 Å². The number of anilines is 1. The van der Waals surface area contributed by atoms with E-state index in [4.69, 9.17) is 19.7 Å². The van der Waals surface area contributed by atoms with Crippen LogP contribution in [0.25, 0.3) is 0 Å². The monoisotopic (exact) mass is 293 g/mol. The molecule has 2 unspecified atom stereocenters. The molecule has 9 nitrogen and oxygen atoms in total. The quantitative estimate of drug-likeness (QED) is 0.415. The van der Waals surface area contributed by atoms with E-state index in [0.717, 1.165) is 0 Å². The molecule has 0 spiro atoms. The Balaban J connectivity index is 2.62. The first-order chi connectivity index (χ1) is 8.93. The van der Waals surface area contributed by atoms with Gasteiger partial charge < -0.3 is 19.0 Å². The molecular formula is C9H16N3O6P. The molecule has 0 radical (unpaired) electrons. The zero-order valence-corrected chi connectivity index (χ0v) is 11.3. The molecule has 108 valence electrons. The van der Waals surface area contributed by atoms with E-state index in [0.29, 0.717) is 0 Å². The predicted octanol–water partition coefficient (Wildman–Crippen LogP) is 0.196. The van der Waals surface area contributed by atoms with Gasteiger partial charge >= 0.3 is 14.3 Å². The second kappa shape index (κ2) is 7.49. The SMILES string of the molecule is CC(COP(O)O)OC(C)n1ccc(NO)nc1=O. The summed E-state index contributed by atoms with van der Waals surface area (Å²) in [6, 6.07) is 1.41. The molecular weight excluding hydrogens is 277 g/mol. The summed E-state index contributed by atoms with van der Waals surface area (Å²) in [6.45, 7) is 3.28. The number of rotatable bonds is 7. The van der Waals surface area contributed by atoms with Gasteiger partial charge in [0.25, 0.3) is 0 Å². The predicted molar refractivity (Wildman–Crippen MR) is 66.5 cm³/mol. The lowest BCUT2D eigenvalue weighted by atomic mass is 10.4. The van der Waals surface area contributed by atoms with Crippen LogP contribution in [0.4, 0.5) is 5.82 Å². The standard InChI is InChI=1S/C9H16N3O6P/c1-6(5-17-19(15)16)18-7(2)12-4-3-8(11-14)10-9(12)13/h3-4,6-7,14-16H,5H2,1-2H3,(H,10,11,13). The maximum atomic E-state index is 11.6. The van der Waals surface area contributed by atoms with E-state index < -0.39 is 26.6 Å². The maximum Gasteiger partial charge on any atom is 0.351 e. The second-order valence-electron chi connectivity index (χ2n) is 3.71. The first kappa shape index (κ1) is 16.0. The normalized spacial score (nSPS) is 14.4. The zero-order valence-electron chi connectivity index (χ0n) is 10.4. The van der Waals surface area contributed by atoms with Crippen molar-refractivity contribution in [2.45, 2.75) is 26.2 Å². The van der Waals surface area contributed by atoms with Gasteiger partial charge in [0.05, 0.1) is 12.7 Å². The Morgan fingerprint density at radius 3 is 2.74 bits per heavy atom. The summed E-state index contributed by atoms with van der Waals surface area (Å²) in [6.07, 6.45) is 0.355. The van der Waals surface area contributed by atoms with Crippen molar-refractivity contribution < 1.29 is 24.3 Å². The van der Waals surface area contributed by atoms with Gasteiger partial charge in [-0.1, -0.05) is 0 Å². The molecule has 1 rings (SSSR count). The van der Waals surface area contributed by atoms with Crippen molar-refractivity contribution in [3.8, 4) is 0 Å². The number of aromatic nitrogens is 2. The van der Waals surface area contributed by atoms with Crippen LogP contribution in [0.1, 0.15) is 20.1 Å². The van der Waals surface area contributed by atoms with E-state index in [1.54, 1.807) is 19.3 Å². The lowest BCUT2D eigenvalue weighted by Crippen LogP contribution is -2.30. The van der Waals surface area contributed by atoms with Crippen LogP contribution in [-0.2, 0) is 9.26 Å². The van der Waals surface area contributed by atoms with E-state index >= 15 is 0 Å². The Kier molecular flexibility index (Phi) is 6.29. The molecule has 0 aliphatic rings. The first-order valence-electron chi connectivity index (χ1n) is 5.39. The Labute approximate surface area is 110 Å². The van der Waals surface area contributed by atoms with E-state index in [-0.39, 0.29) is 12.4 Å². The topological polar surface area (TPSA) is 126 Å². The Morgan fingerprint density at radius 1 is 1.53 bits per heavy atom.